The molecule has 0 saturated carbocycles. The molecule has 2 fully saturated rings. The summed E-state index contributed by atoms with van der Waals surface area (Å²) in [6.45, 7) is 4.37. The van der Waals surface area contributed by atoms with E-state index in [9.17, 15) is 13.2 Å². The van der Waals surface area contributed by atoms with Gasteiger partial charge in [0.2, 0.25) is 15.9 Å². The summed E-state index contributed by atoms with van der Waals surface area (Å²) in [6.07, 6.45) is 3.08. The minimum atomic E-state index is -3.53. The second-order valence-electron chi connectivity index (χ2n) is 6.80. The van der Waals surface area contributed by atoms with Gasteiger partial charge in [-0.05, 0) is 70.1 Å². The van der Waals surface area contributed by atoms with Crippen LogP contribution < -0.4 is 9.62 Å². The van der Waals surface area contributed by atoms with E-state index in [1.807, 2.05) is 14.0 Å². The van der Waals surface area contributed by atoms with Gasteiger partial charge in [-0.1, -0.05) is 0 Å². The Morgan fingerprint density at radius 3 is 2.46 bits per heavy atom. The van der Waals surface area contributed by atoms with Gasteiger partial charge in [-0.15, -0.1) is 0 Å². The maximum Gasteiger partial charge on any atom is 0.240 e. The number of carbonyl (C=O) groups is 1. The number of sulfonamides is 1. The Morgan fingerprint density at radius 1 is 1.17 bits per heavy atom. The van der Waals surface area contributed by atoms with Crippen molar-refractivity contribution in [2.75, 3.05) is 31.6 Å². The molecule has 1 amide bonds. The number of anilines is 1. The number of likely N-dealkylation sites (tertiary alicyclic amines) is 1. The number of nitrogens with one attached hydrogen (secondary N) is 1. The second kappa shape index (κ2) is 6.82. The number of piperidine rings is 1. The fraction of sp³-hybridized carbons (Fsp3) is 0.588. The Bertz CT molecular complexity index is 725. The molecule has 2 heterocycles. The van der Waals surface area contributed by atoms with E-state index in [0.717, 1.165) is 43.6 Å². The summed E-state index contributed by atoms with van der Waals surface area (Å²) in [7, 11) is -1.48. The van der Waals surface area contributed by atoms with Crippen LogP contribution in [0.5, 0.6) is 0 Å². The number of aryl methyl sites for hydroxylation is 1. The fourth-order valence-electron chi connectivity index (χ4n) is 3.41. The van der Waals surface area contributed by atoms with Crippen molar-refractivity contribution >= 4 is 21.6 Å². The van der Waals surface area contributed by atoms with Crippen molar-refractivity contribution < 1.29 is 13.2 Å². The largest absolute Gasteiger partial charge is 0.312 e. The predicted octanol–water partition coefficient (Wildman–Crippen LogP) is 1.49. The van der Waals surface area contributed by atoms with Crippen LogP contribution in [0.25, 0.3) is 0 Å². The average molecular weight is 351 g/mol. The third-order valence-electron chi connectivity index (χ3n) is 4.88. The van der Waals surface area contributed by atoms with Gasteiger partial charge < -0.3 is 9.80 Å². The molecule has 6 nitrogen and oxygen atoms in total. The molecular formula is C17H25N3O3S. The maximum atomic E-state index is 12.6. The first-order chi connectivity index (χ1) is 11.4. The van der Waals surface area contributed by atoms with Crippen molar-refractivity contribution in [1.29, 1.82) is 0 Å². The molecule has 0 aromatic heterocycles. The van der Waals surface area contributed by atoms with Crippen LogP contribution in [0, 0.1) is 6.92 Å². The summed E-state index contributed by atoms with van der Waals surface area (Å²) in [5.74, 6) is 0.109. The van der Waals surface area contributed by atoms with Crippen molar-refractivity contribution in [2.24, 2.45) is 0 Å². The molecule has 1 aromatic rings. The van der Waals surface area contributed by atoms with E-state index in [1.54, 1.807) is 23.1 Å². The molecule has 0 bridgehead atoms. The van der Waals surface area contributed by atoms with E-state index in [-0.39, 0.29) is 16.8 Å². The van der Waals surface area contributed by atoms with E-state index in [1.165, 1.54) is 0 Å². The lowest BCUT2D eigenvalue weighted by Crippen LogP contribution is -2.43. The van der Waals surface area contributed by atoms with Crippen LogP contribution in [0.15, 0.2) is 23.1 Å². The first-order valence-corrected chi connectivity index (χ1v) is 9.97. The van der Waals surface area contributed by atoms with Gasteiger partial charge in [-0.25, -0.2) is 13.1 Å². The topological polar surface area (TPSA) is 69.7 Å². The number of benzene rings is 1. The molecule has 0 spiro atoms. The van der Waals surface area contributed by atoms with Gasteiger partial charge in [0.15, 0.2) is 0 Å². The third kappa shape index (κ3) is 3.63. The number of hydrogen-bond acceptors (Lipinski definition) is 4. The molecule has 0 unspecified atom stereocenters. The molecule has 1 aromatic carbocycles. The molecular weight excluding hydrogens is 326 g/mol. The summed E-state index contributed by atoms with van der Waals surface area (Å²) in [5.41, 5.74) is 1.63. The summed E-state index contributed by atoms with van der Waals surface area (Å²) in [5, 5.41) is 0. The van der Waals surface area contributed by atoms with E-state index in [0.29, 0.717) is 13.0 Å². The number of rotatable bonds is 4. The Labute approximate surface area is 143 Å². The Morgan fingerprint density at radius 2 is 1.88 bits per heavy atom. The highest BCUT2D eigenvalue weighted by Crippen LogP contribution is 2.27. The number of carbonyl (C=O) groups excluding carboxylic acids is 1. The van der Waals surface area contributed by atoms with Crippen LogP contribution in [-0.4, -0.2) is 51.9 Å². The van der Waals surface area contributed by atoms with Gasteiger partial charge in [0.05, 0.1) is 4.90 Å². The van der Waals surface area contributed by atoms with Crippen LogP contribution in [0.4, 0.5) is 5.69 Å². The lowest BCUT2D eigenvalue weighted by Gasteiger charge is -2.29. The first kappa shape index (κ1) is 17.4. The van der Waals surface area contributed by atoms with Crippen LogP contribution in [-0.2, 0) is 14.8 Å². The van der Waals surface area contributed by atoms with E-state index >= 15 is 0 Å². The lowest BCUT2D eigenvalue weighted by molar-refractivity contribution is -0.117. The average Bonchev–Trinajstić information content (AvgIpc) is 2.95. The molecule has 7 heteroatoms. The minimum absolute atomic E-state index is 0.00802. The molecule has 2 aliphatic rings. The minimum Gasteiger partial charge on any atom is -0.312 e. The highest BCUT2D eigenvalue weighted by Gasteiger charge is 2.26. The maximum absolute atomic E-state index is 12.6. The number of hydrogen-bond donors (Lipinski definition) is 1. The number of amides is 1. The summed E-state index contributed by atoms with van der Waals surface area (Å²) < 4.78 is 28.1. The van der Waals surface area contributed by atoms with Gasteiger partial charge >= 0.3 is 0 Å². The Balaban J connectivity index is 1.76. The van der Waals surface area contributed by atoms with Gasteiger partial charge in [-0.3, -0.25) is 4.79 Å². The van der Waals surface area contributed by atoms with Crippen molar-refractivity contribution in [3.8, 4) is 0 Å². The molecule has 2 aliphatic heterocycles. The molecule has 132 valence electrons. The standard InChI is InChI=1S/C17H25N3O3S/c1-13-12-15(5-6-16(13)20-9-3-4-17(20)21)24(22,23)18-14-7-10-19(2)11-8-14/h5-6,12,14,18H,3-4,7-11H2,1-2H3. The second-order valence-corrected chi connectivity index (χ2v) is 8.51. The zero-order valence-electron chi connectivity index (χ0n) is 14.3. The predicted molar refractivity (Wildman–Crippen MR) is 93.6 cm³/mol. The molecule has 2 saturated heterocycles. The lowest BCUT2D eigenvalue weighted by atomic mass is 10.1. The third-order valence-corrected chi connectivity index (χ3v) is 6.40. The van der Waals surface area contributed by atoms with Gasteiger partial charge in [0.25, 0.3) is 0 Å². The molecule has 1 N–H and O–H groups in total. The van der Waals surface area contributed by atoms with E-state index in [2.05, 4.69) is 9.62 Å². The van der Waals surface area contributed by atoms with Gasteiger partial charge in [-0.2, -0.15) is 0 Å². The SMILES string of the molecule is Cc1cc(S(=O)(=O)NC2CCN(C)CC2)ccc1N1CCCC1=O. The fourth-order valence-corrected chi connectivity index (χ4v) is 4.80. The van der Waals surface area contributed by atoms with Crippen LogP contribution in [0.1, 0.15) is 31.2 Å². The van der Waals surface area contributed by atoms with E-state index in [4.69, 9.17) is 0 Å². The highest BCUT2D eigenvalue weighted by atomic mass is 32.2. The zero-order valence-corrected chi connectivity index (χ0v) is 15.1. The summed E-state index contributed by atoms with van der Waals surface area (Å²) in [6, 6.07) is 5.01. The zero-order chi connectivity index (χ0) is 17.3. The van der Waals surface area contributed by atoms with E-state index < -0.39 is 10.0 Å². The Hall–Kier alpha value is -1.44. The summed E-state index contributed by atoms with van der Waals surface area (Å²) >= 11 is 0. The molecule has 0 radical (unpaired) electrons. The highest BCUT2D eigenvalue weighted by molar-refractivity contribution is 7.89. The first-order valence-electron chi connectivity index (χ1n) is 8.49. The van der Waals surface area contributed by atoms with Crippen LogP contribution >= 0.6 is 0 Å². The van der Waals surface area contributed by atoms with Gasteiger partial charge in [0.1, 0.15) is 0 Å². The van der Waals surface area contributed by atoms with Crippen LogP contribution in [0.3, 0.4) is 0 Å². The van der Waals surface area contributed by atoms with Crippen molar-refractivity contribution in [1.82, 2.24) is 9.62 Å². The van der Waals surface area contributed by atoms with Crippen LogP contribution in [0.2, 0.25) is 0 Å². The van der Waals surface area contributed by atoms with Crippen molar-refractivity contribution in [3.05, 3.63) is 23.8 Å². The number of nitrogens with zero attached hydrogens (tertiary/aromatic N) is 2. The normalized spacial score (nSPS) is 20.8. The monoisotopic (exact) mass is 351 g/mol. The van der Waals surface area contributed by atoms with Crippen molar-refractivity contribution in [2.45, 2.75) is 43.5 Å². The molecule has 0 aliphatic carbocycles. The Kier molecular flexibility index (Phi) is 4.94. The van der Waals surface area contributed by atoms with Crippen molar-refractivity contribution in [3.63, 3.8) is 0 Å². The van der Waals surface area contributed by atoms with Gasteiger partial charge in [0, 0.05) is 24.7 Å². The molecule has 0 atom stereocenters. The smallest absolute Gasteiger partial charge is 0.240 e. The quantitative estimate of drug-likeness (QED) is 0.892. The molecule has 3 rings (SSSR count). The summed E-state index contributed by atoms with van der Waals surface area (Å²) in [4.78, 5) is 16.1. The molecule has 24 heavy (non-hydrogen) atoms.